The Morgan fingerprint density at radius 2 is 2.07 bits per heavy atom. The average molecular weight is 393 g/mol. The number of hydrogen-bond acceptors (Lipinski definition) is 5. The van der Waals surface area contributed by atoms with E-state index in [-0.39, 0.29) is 11.7 Å². The van der Waals surface area contributed by atoms with E-state index < -0.39 is 5.60 Å². The average Bonchev–Trinajstić information content (AvgIpc) is 3.32. The van der Waals surface area contributed by atoms with Gasteiger partial charge in [-0.15, -0.1) is 0 Å². The summed E-state index contributed by atoms with van der Waals surface area (Å²) in [6.45, 7) is 3.44. The molecule has 7 nitrogen and oxygen atoms in total. The zero-order valence-corrected chi connectivity index (χ0v) is 16.0. The van der Waals surface area contributed by atoms with Crippen LogP contribution in [0.5, 0.6) is 0 Å². The molecule has 0 bridgehead atoms. The summed E-state index contributed by atoms with van der Waals surface area (Å²) < 4.78 is 19.3. The predicted molar refractivity (Wildman–Crippen MR) is 102 cm³/mol. The lowest BCUT2D eigenvalue weighted by Crippen LogP contribution is -2.61. The molecule has 8 heteroatoms. The normalized spacial score (nSPS) is 16.7. The van der Waals surface area contributed by atoms with E-state index in [2.05, 4.69) is 27.1 Å². The molecule has 0 aliphatic carbocycles. The summed E-state index contributed by atoms with van der Waals surface area (Å²) >= 11 is 0. The van der Waals surface area contributed by atoms with Crippen LogP contribution in [0.4, 0.5) is 4.39 Å². The van der Waals surface area contributed by atoms with Gasteiger partial charge in [-0.05, 0) is 30.7 Å². The minimum Gasteiger partial charge on any atom is -0.360 e. The molecule has 1 saturated heterocycles. The Morgan fingerprint density at radius 3 is 2.83 bits per heavy atom. The first-order valence-corrected chi connectivity index (χ1v) is 9.67. The van der Waals surface area contributed by atoms with Crippen LogP contribution in [0.2, 0.25) is 0 Å². The molecule has 4 heterocycles. The van der Waals surface area contributed by atoms with Gasteiger partial charge in [-0.1, -0.05) is 6.92 Å². The van der Waals surface area contributed by atoms with Gasteiger partial charge < -0.3 is 9.64 Å². The number of carbonyl (C=O) groups excluding carboxylic acids is 1. The second kappa shape index (κ2) is 6.73. The third-order valence-corrected chi connectivity index (χ3v) is 5.55. The van der Waals surface area contributed by atoms with Crippen LogP contribution in [0.3, 0.4) is 0 Å². The van der Waals surface area contributed by atoms with Crippen LogP contribution < -0.4 is 0 Å². The number of nitrogens with one attached hydrogen (secondary N) is 1. The number of fused-ring (bicyclic) bond motifs is 2. The van der Waals surface area contributed by atoms with Crippen LogP contribution >= 0.6 is 0 Å². The molecule has 1 aromatic carbocycles. The van der Waals surface area contributed by atoms with Gasteiger partial charge in [0.25, 0.3) is 5.91 Å². The molecular formula is C21H20FN5O2. The monoisotopic (exact) mass is 393 g/mol. The zero-order chi connectivity index (χ0) is 20.0. The first kappa shape index (κ1) is 17.9. The highest BCUT2D eigenvalue weighted by molar-refractivity contribution is 6.00. The number of amides is 1. The number of ether oxygens (including phenoxy) is 1. The number of aryl methyl sites for hydroxylation is 1. The highest BCUT2D eigenvalue weighted by atomic mass is 19.1. The number of aromatic nitrogens is 4. The molecule has 2 aliphatic heterocycles. The second-order valence-corrected chi connectivity index (χ2v) is 7.51. The van der Waals surface area contributed by atoms with Crippen LogP contribution in [-0.4, -0.2) is 44.1 Å². The highest BCUT2D eigenvalue weighted by Gasteiger charge is 2.53. The van der Waals surface area contributed by atoms with Gasteiger partial charge in [-0.2, -0.15) is 5.10 Å². The molecule has 0 radical (unpaired) electrons. The molecule has 0 unspecified atom stereocenters. The number of rotatable bonds is 4. The minimum absolute atomic E-state index is 0.135. The van der Waals surface area contributed by atoms with Gasteiger partial charge in [0.05, 0.1) is 42.8 Å². The Morgan fingerprint density at radius 1 is 1.28 bits per heavy atom. The van der Waals surface area contributed by atoms with Gasteiger partial charge in [0.1, 0.15) is 17.2 Å². The van der Waals surface area contributed by atoms with Crippen LogP contribution in [0.15, 0.2) is 36.7 Å². The summed E-state index contributed by atoms with van der Waals surface area (Å²) in [5, 5.41) is 6.87. The smallest absolute Gasteiger partial charge is 0.257 e. The molecule has 5 rings (SSSR count). The Hall–Kier alpha value is -3.13. The third-order valence-electron chi connectivity index (χ3n) is 5.55. The fourth-order valence-electron chi connectivity index (χ4n) is 4.01. The van der Waals surface area contributed by atoms with Crippen molar-refractivity contribution in [2.24, 2.45) is 0 Å². The minimum atomic E-state index is -0.518. The number of likely N-dealkylation sites (tertiary alicyclic amines) is 1. The molecule has 0 atom stereocenters. The van der Waals surface area contributed by atoms with E-state index in [0.29, 0.717) is 36.5 Å². The van der Waals surface area contributed by atoms with Gasteiger partial charge in [0.2, 0.25) is 0 Å². The maximum Gasteiger partial charge on any atom is 0.257 e. The Balaban J connectivity index is 1.35. The summed E-state index contributed by atoms with van der Waals surface area (Å²) in [5.74, 6) is 0.373. The molecule has 148 valence electrons. The molecule has 0 saturated carbocycles. The number of aromatic amines is 1. The van der Waals surface area contributed by atoms with Crippen molar-refractivity contribution in [2.45, 2.75) is 32.0 Å². The lowest BCUT2D eigenvalue weighted by atomic mass is 9.87. The van der Waals surface area contributed by atoms with E-state index in [1.165, 1.54) is 18.3 Å². The van der Waals surface area contributed by atoms with Crippen molar-refractivity contribution in [1.29, 1.82) is 0 Å². The summed E-state index contributed by atoms with van der Waals surface area (Å²) in [5.41, 5.74) is 3.13. The van der Waals surface area contributed by atoms with Gasteiger partial charge >= 0.3 is 0 Å². The van der Waals surface area contributed by atoms with E-state index in [1.54, 1.807) is 17.0 Å². The fraction of sp³-hybridized carbons (Fsp3) is 0.333. The maximum absolute atomic E-state index is 13.2. The third kappa shape index (κ3) is 2.91. The van der Waals surface area contributed by atoms with Crippen molar-refractivity contribution < 1.29 is 13.9 Å². The van der Waals surface area contributed by atoms with Crippen molar-refractivity contribution in [2.75, 3.05) is 13.1 Å². The van der Waals surface area contributed by atoms with Crippen molar-refractivity contribution >= 4 is 5.91 Å². The standard InChI is InChI=1S/C21H20FN5O2/c1-2-3-18-23-9-16-17(25-18)10-29-21(16)11-27(12-21)20(28)15-8-24-26-19(15)13-4-6-14(22)7-5-13/h4-9H,2-3,10-12H2,1H3,(H,24,26). The van der Waals surface area contributed by atoms with Crippen LogP contribution in [0, 0.1) is 5.82 Å². The quantitative estimate of drug-likeness (QED) is 0.737. The van der Waals surface area contributed by atoms with Crippen LogP contribution in [0.25, 0.3) is 11.3 Å². The maximum atomic E-state index is 13.2. The summed E-state index contributed by atoms with van der Waals surface area (Å²) in [6.07, 6.45) is 5.20. The van der Waals surface area contributed by atoms with Gasteiger partial charge in [-0.3, -0.25) is 9.89 Å². The van der Waals surface area contributed by atoms with Crippen molar-refractivity contribution in [3.8, 4) is 11.3 Å². The number of carbonyl (C=O) groups is 1. The zero-order valence-electron chi connectivity index (χ0n) is 16.0. The molecule has 1 N–H and O–H groups in total. The van der Waals surface area contributed by atoms with Crippen LogP contribution in [0.1, 0.15) is 40.8 Å². The number of H-pyrrole nitrogens is 1. The van der Waals surface area contributed by atoms with E-state index in [4.69, 9.17) is 4.74 Å². The van der Waals surface area contributed by atoms with Gasteiger partial charge in [-0.25, -0.2) is 14.4 Å². The SMILES string of the molecule is CCCc1ncc2c(n1)COC21CN(C(=O)c2cn[nH]c2-c2ccc(F)cc2)C1. The molecule has 1 fully saturated rings. The highest BCUT2D eigenvalue weighted by Crippen LogP contribution is 2.43. The topological polar surface area (TPSA) is 84.0 Å². The van der Waals surface area contributed by atoms with E-state index in [0.717, 1.165) is 29.9 Å². The Bertz CT molecular complexity index is 1070. The molecule has 29 heavy (non-hydrogen) atoms. The molecule has 1 amide bonds. The molecule has 2 aromatic heterocycles. The summed E-state index contributed by atoms with van der Waals surface area (Å²) in [7, 11) is 0. The number of nitrogens with zero attached hydrogens (tertiary/aromatic N) is 4. The van der Waals surface area contributed by atoms with E-state index >= 15 is 0 Å². The summed E-state index contributed by atoms with van der Waals surface area (Å²) in [6, 6.07) is 5.97. The molecule has 3 aromatic rings. The first-order chi connectivity index (χ1) is 14.1. The van der Waals surface area contributed by atoms with Gasteiger partial charge in [0, 0.05) is 23.7 Å². The lowest BCUT2D eigenvalue weighted by Gasteiger charge is -2.47. The first-order valence-electron chi connectivity index (χ1n) is 9.67. The summed E-state index contributed by atoms with van der Waals surface area (Å²) in [4.78, 5) is 23.8. The Kier molecular flexibility index (Phi) is 4.16. The molecule has 2 aliphatic rings. The number of hydrogen-bond donors (Lipinski definition) is 1. The lowest BCUT2D eigenvalue weighted by molar-refractivity contribution is -0.126. The Labute approximate surface area is 166 Å². The number of halogens is 1. The van der Waals surface area contributed by atoms with Gasteiger partial charge in [0.15, 0.2) is 0 Å². The van der Waals surface area contributed by atoms with E-state index in [9.17, 15) is 9.18 Å². The van der Waals surface area contributed by atoms with Crippen molar-refractivity contribution in [3.05, 3.63) is 65.1 Å². The van der Waals surface area contributed by atoms with Crippen molar-refractivity contribution in [3.63, 3.8) is 0 Å². The van der Waals surface area contributed by atoms with E-state index in [1.807, 2.05) is 6.20 Å². The molecular weight excluding hydrogens is 373 g/mol. The molecule has 1 spiro atoms. The van der Waals surface area contributed by atoms with Crippen molar-refractivity contribution in [1.82, 2.24) is 25.1 Å². The number of benzene rings is 1. The van der Waals surface area contributed by atoms with Crippen LogP contribution in [-0.2, 0) is 23.4 Å². The largest absolute Gasteiger partial charge is 0.360 e. The second-order valence-electron chi connectivity index (χ2n) is 7.51. The fourth-order valence-corrected chi connectivity index (χ4v) is 4.01. The predicted octanol–water partition coefficient (Wildman–Crippen LogP) is 2.84.